The Morgan fingerprint density at radius 3 is 2.84 bits per heavy atom. The average molecular weight is 276 g/mol. The summed E-state index contributed by atoms with van der Waals surface area (Å²) in [5, 5.41) is 10.0. The standard InChI is InChI=1S/C13H10ClN3O2/c1-19-11-5-4-10-13(16-11)17-12(15-10)8-6-7(18)2-3-9(8)14/h2-6,18H,1H3,(H,15,16,17). The molecule has 5 nitrogen and oxygen atoms in total. The summed E-state index contributed by atoms with van der Waals surface area (Å²) in [7, 11) is 1.55. The summed E-state index contributed by atoms with van der Waals surface area (Å²) in [6.07, 6.45) is 0. The number of nitrogens with one attached hydrogen (secondary N) is 1. The number of phenolic OH excluding ortho intramolecular Hbond substituents is 1. The number of H-pyrrole nitrogens is 1. The lowest BCUT2D eigenvalue weighted by molar-refractivity contribution is 0.399. The van der Waals surface area contributed by atoms with Crippen LogP contribution >= 0.6 is 11.6 Å². The number of hydrogen-bond donors (Lipinski definition) is 2. The first kappa shape index (κ1) is 11.8. The molecule has 3 aromatic rings. The first-order valence-electron chi connectivity index (χ1n) is 5.57. The van der Waals surface area contributed by atoms with E-state index >= 15 is 0 Å². The molecule has 0 spiro atoms. The molecule has 0 radical (unpaired) electrons. The number of aromatic nitrogens is 3. The molecule has 0 amide bonds. The second-order valence-electron chi connectivity index (χ2n) is 3.97. The molecule has 2 heterocycles. The molecule has 0 aliphatic carbocycles. The van der Waals surface area contributed by atoms with Crippen LogP contribution in [0, 0.1) is 0 Å². The average Bonchev–Trinajstić information content (AvgIpc) is 2.83. The molecule has 0 aliphatic heterocycles. The number of hydrogen-bond acceptors (Lipinski definition) is 4. The molecule has 3 rings (SSSR count). The minimum absolute atomic E-state index is 0.130. The zero-order valence-electron chi connectivity index (χ0n) is 10.0. The van der Waals surface area contributed by atoms with Crippen LogP contribution in [0.4, 0.5) is 0 Å². The molecule has 19 heavy (non-hydrogen) atoms. The van der Waals surface area contributed by atoms with Gasteiger partial charge in [0.2, 0.25) is 5.88 Å². The van der Waals surface area contributed by atoms with Gasteiger partial charge in [-0.3, -0.25) is 0 Å². The number of fused-ring (bicyclic) bond motifs is 1. The second-order valence-corrected chi connectivity index (χ2v) is 4.38. The van der Waals surface area contributed by atoms with Crippen LogP contribution in [0.15, 0.2) is 30.3 Å². The summed E-state index contributed by atoms with van der Waals surface area (Å²) in [6.45, 7) is 0. The fourth-order valence-corrected chi connectivity index (χ4v) is 2.02. The third kappa shape index (κ3) is 2.08. The highest BCUT2D eigenvalue weighted by atomic mass is 35.5. The van der Waals surface area contributed by atoms with Crippen molar-refractivity contribution >= 4 is 22.8 Å². The zero-order valence-corrected chi connectivity index (χ0v) is 10.8. The third-order valence-corrected chi connectivity index (χ3v) is 3.06. The van der Waals surface area contributed by atoms with Crippen molar-refractivity contribution in [3.05, 3.63) is 35.4 Å². The van der Waals surface area contributed by atoms with E-state index in [1.54, 1.807) is 25.3 Å². The van der Waals surface area contributed by atoms with Gasteiger partial charge in [-0.05, 0) is 24.3 Å². The normalized spacial score (nSPS) is 10.8. The number of methoxy groups -OCH3 is 1. The maximum atomic E-state index is 9.52. The highest BCUT2D eigenvalue weighted by Gasteiger charge is 2.11. The number of imidazole rings is 1. The van der Waals surface area contributed by atoms with Crippen molar-refractivity contribution in [2.45, 2.75) is 0 Å². The van der Waals surface area contributed by atoms with Crippen molar-refractivity contribution < 1.29 is 9.84 Å². The highest BCUT2D eigenvalue weighted by Crippen LogP contribution is 2.30. The molecule has 0 bridgehead atoms. The highest BCUT2D eigenvalue weighted by molar-refractivity contribution is 6.33. The molecule has 0 unspecified atom stereocenters. The van der Waals surface area contributed by atoms with Crippen LogP contribution in [0.25, 0.3) is 22.6 Å². The van der Waals surface area contributed by atoms with Gasteiger partial charge in [0.25, 0.3) is 0 Å². The quantitative estimate of drug-likeness (QED) is 0.754. The maximum absolute atomic E-state index is 9.52. The fraction of sp³-hybridized carbons (Fsp3) is 0.0769. The molecule has 0 saturated heterocycles. The molecule has 2 N–H and O–H groups in total. The van der Waals surface area contributed by atoms with E-state index in [0.29, 0.717) is 27.9 Å². The van der Waals surface area contributed by atoms with Crippen LogP contribution in [-0.4, -0.2) is 27.2 Å². The van der Waals surface area contributed by atoms with E-state index in [1.807, 2.05) is 6.07 Å². The van der Waals surface area contributed by atoms with Crippen LogP contribution < -0.4 is 4.74 Å². The summed E-state index contributed by atoms with van der Waals surface area (Å²) in [5.74, 6) is 1.18. The predicted octanol–water partition coefficient (Wildman–Crippen LogP) is 2.99. The summed E-state index contributed by atoms with van der Waals surface area (Å²) in [4.78, 5) is 11.7. The van der Waals surface area contributed by atoms with Gasteiger partial charge in [-0.2, -0.15) is 4.98 Å². The van der Waals surface area contributed by atoms with Gasteiger partial charge in [0, 0.05) is 11.6 Å². The van der Waals surface area contributed by atoms with E-state index in [-0.39, 0.29) is 5.75 Å². The van der Waals surface area contributed by atoms with E-state index in [9.17, 15) is 5.11 Å². The van der Waals surface area contributed by atoms with Gasteiger partial charge < -0.3 is 14.8 Å². The number of phenols is 1. The Morgan fingerprint density at radius 2 is 2.05 bits per heavy atom. The molecule has 0 atom stereocenters. The second kappa shape index (κ2) is 4.44. The van der Waals surface area contributed by atoms with Gasteiger partial charge in [0.05, 0.1) is 17.6 Å². The van der Waals surface area contributed by atoms with Crippen molar-refractivity contribution in [1.29, 1.82) is 0 Å². The molecule has 2 aromatic heterocycles. The number of halogens is 1. The van der Waals surface area contributed by atoms with E-state index < -0.39 is 0 Å². The van der Waals surface area contributed by atoms with Gasteiger partial charge in [-0.1, -0.05) is 11.6 Å². The Hall–Kier alpha value is -2.27. The number of aromatic hydroxyl groups is 1. The number of rotatable bonds is 2. The van der Waals surface area contributed by atoms with Gasteiger partial charge in [-0.25, -0.2) is 4.98 Å². The predicted molar refractivity (Wildman–Crippen MR) is 72.6 cm³/mol. The van der Waals surface area contributed by atoms with Crippen molar-refractivity contribution in [2.24, 2.45) is 0 Å². The Kier molecular flexibility index (Phi) is 2.76. The number of benzene rings is 1. The monoisotopic (exact) mass is 275 g/mol. The first-order chi connectivity index (χ1) is 9.17. The summed E-state index contributed by atoms with van der Waals surface area (Å²) < 4.78 is 5.05. The van der Waals surface area contributed by atoms with Gasteiger partial charge in [0.15, 0.2) is 5.65 Å². The largest absolute Gasteiger partial charge is 0.508 e. The van der Waals surface area contributed by atoms with Crippen molar-refractivity contribution in [2.75, 3.05) is 7.11 Å². The summed E-state index contributed by atoms with van der Waals surface area (Å²) >= 11 is 6.10. The third-order valence-electron chi connectivity index (χ3n) is 2.73. The topological polar surface area (TPSA) is 71.0 Å². The van der Waals surface area contributed by atoms with Crippen LogP contribution in [0.5, 0.6) is 11.6 Å². The fourth-order valence-electron chi connectivity index (χ4n) is 1.81. The van der Waals surface area contributed by atoms with Crippen molar-refractivity contribution in [3.63, 3.8) is 0 Å². The molecular weight excluding hydrogens is 266 g/mol. The smallest absolute Gasteiger partial charge is 0.215 e. The van der Waals surface area contributed by atoms with E-state index in [4.69, 9.17) is 16.3 Å². The maximum Gasteiger partial charge on any atom is 0.215 e. The molecule has 0 saturated carbocycles. The Balaban J connectivity index is 2.17. The minimum atomic E-state index is 0.130. The van der Waals surface area contributed by atoms with E-state index in [1.165, 1.54) is 6.07 Å². The Morgan fingerprint density at radius 1 is 1.21 bits per heavy atom. The molecule has 6 heteroatoms. The van der Waals surface area contributed by atoms with Crippen LogP contribution in [0.1, 0.15) is 0 Å². The van der Waals surface area contributed by atoms with E-state index in [0.717, 1.165) is 5.52 Å². The molecule has 96 valence electrons. The SMILES string of the molecule is COc1ccc2[nH]c(-c3cc(O)ccc3Cl)nc2n1. The lowest BCUT2D eigenvalue weighted by atomic mass is 10.2. The van der Waals surface area contributed by atoms with Crippen LogP contribution in [0.2, 0.25) is 5.02 Å². The van der Waals surface area contributed by atoms with Crippen molar-refractivity contribution in [1.82, 2.24) is 15.0 Å². The van der Waals surface area contributed by atoms with Crippen molar-refractivity contribution in [3.8, 4) is 23.0 Å². The van der Waals surface area contributed by atoms with E-state index in [2.05, 4.69) is 15.0 Å². The molecule has 1 aromatic carbocycles. The lowest BCUT2D eigenvalue weighted by Gasteiger charge is -2.00. The number of ether oxygens (including phenoxy) is 1. The lowest BCUT2D eigenvalue weighted by Crippen LogP contribution is -1.86. The summed E-state index contributed by atoms with van der Waals surface area (Å²) in [5.41, 5.74) is 1.93. The Labute approximate surface area is 113 Å². The summed E-state index contributed by atoms with van der Waals surface area (Å²) in [6, 6.07) is 8.27. The minimum Gasteiger partial charge on any atom is -0.508 e. The molecule has 0 aliphatic rings. The number of pyridine rings is 1. The van der Waals surface area contributed by atoms with Gasteiger partial charge >= 0.3 is 0 Å². The number of aromatic amines is 1. The van der Waals surface area contributed by atoms with Crippen LogP contribution in [-0.2, 0) is 0 Å². The zero-order chi connectivity index (χ0) is 13.4. The molecule has 0 fully saturated rings. The van der Waals surface area contributed by atoms with Gasteiger partial charge in [-0.15, -0.1) is 0 Å². The molecular formula is C13H10ClN3O2. The number of nitrogens with zero attached hydrogens (tertiary/aromatic N) is 2. The first-order valence-corrected chi connectivity index (χ1v) is 5.95. The van der Waals surface area contributed by atoms with Gasteiger partial charge in [0.1, 0.15) is 11.6 Å². The van der Waals surface area contributed by atoms with Crippen LogP contribution in [0.3, 0.4) is 0 Å². The Bertz CT molecular complexity index is 755.